The van der Waals surface area contributed by atoms with E-state index in [-0.39, 0.29) is 47.2 Å². The number of hydrogen-bond acceptors (Lipinski definition) is 9. The van der Waals surface area contributed by atoms with Gasteiger partial charge < -0.3 is 15.5 Å². The van der Waals surface area contributed by atoms with Crippen molar-refractivity contribution in [1.82, 2.24) is 24.2 Å². The van der Waals surface area contributed by atoms with E-state index in [2.05, 4.69) is 31.8 Å². The maximum atomic E-state index is 15.1. The molecule has 2 saturated heterocycles. The Morgan fingerprint density at radius 1 is 0.778 bits per heavy atom. The van der Waals surface area contributed by atoms with E-state index in [0.29, 0.717) is 23.5 Å². The molecule has 0 spiro atoms. The molecule has 2 fully saturated rings. The highest BCUT2D eigenvalue weighted by Crippen LogP contribution is 2.39. The van der Waals surface area contributed by atoms with E-state index in [9.17, 15) is 32.6 Å². The van der Waals surface area contributed by atoms with Crippen molar-refractivity contribution in [3.05, 3.63) is 102 Å². The minimum absolute atomic E-state index is 0.134. The first-order valence-corrected chi connectivity index (χ1v) is 18.6. The van der Waals surface area contributed by atoms with Crippen LogP contribution in [0, 0.1) is 17.5 Å². The Morgan fingerprint density at radius 2 is 1.35 bits per heavy atom. The topological polar surface area (TPSA) is 182 Å². The summed E-state index contributed by atoms with van der Waals surface area (Å²) in [5.41, 5.74) is 1.50. The molecule has 2 amide bonds. The first-order valence-electron chi connectivity index (χ1n) is 16.4. The minimum Gasteiger partial charge on any atom is -0.506 e. The largest absolute Gasteiger partial charge is 0.506 e. The van der Waals surface area contributed by atoms with Gasteiger partial charge in [-0.2, -0.15) is 5.10 Å². The summed E-state index contributed by atoms with van der Waals surface area (Å²) in [7, 11) is 0. The zero-order valence-electron chi connectivity index (χ0n) is 28.5. The molecule has 2 aliphatic heterocycles. The quantitative estimate of drug-likeness (QED) is 0.128. The standard InChI is InChI=1S/C18H14F2N4O3S.C17H19FN4O3S/c19-13-3-1-11(2-4-13)8-23-9-12(7-21-23)14-5-6-15(25)18(17(14)20)24-10-16(26)22-28(24)27;1-2-3-8-19-14-7-4-11(9-20-14)12-5-6-13(23)17(16(12)18)22-10-15(24)21-26(22)25/h1-7,9,25H,8,10H2,(H,22,26);4-7,9,23H,2-3,8,10H2,1H3,(H,19,20)(H,21,24). The summed E-state index contributed by atoms with van der Waals surface area (Å²) in [4.78, 5) is 27.1. The van der Waals surface area contributed by atoms with Gasteiger partial charge in [-0.05, 0) is 60.5 Å². The number of aromatic nitrogens is 3. The molecule has 5 N–H and O–H groups in total. The van der Waals surface area contributed by atoms with Gasteiger partial charge >= 0.3 is 0 Å². The number of nitrogens with one attached hydrogen (secondary N) is 3. The molecule has 19 heteroatoms. The highest BCUT2D eigenvalue weighted by atomic mass is 32.2. The van der Waals surface area contributed by atoms with E-state index < -0.39 is 51.5 Å². The molecule has 5 aromatic rings. The lowest BCUT2D eigenvalue weighted by Crippen LogP contribution is -2.23. The average molecular weight is 783 g/mol. The number of nitrogens with zero attached hydrogens (tertiary/aromatic N) is 5. The van der Waals surface area contributed by atoms with Crippen LogP contribution in [0.3, 0.4) is 0 Å². The van der Waals surface area contributed by atoms with Gasteiger partial charge in [-0.25, -0.2) is 26.6 Å². The van der Waals surface area contributed by atoms with Crippen molar-refractivity contribution >= 4 is 51.4 Å². The molecule has 2 unspecified atom stereocenters. The summed E-state index contributed by atoms with van der Waals surface area (Å²) in [6, 6.07) is 14.8. The van der Waals surface area contributed by atoms with Crippen molar-refractivity contribution in [3.8, 4) is 33.8 Å². The molecule has 7 rings (SSSR count). The molecule has 282 valence electrons. The van der Waals surface area contributed by atoms with Crippen LogP contribution in [-0.4, -0.2) is 64.8 Å². The second kappa shape index (κ2) is 16.4. The first-order chi connectivity index (χ1) is 25.9. The molecule has 0 radical (unpaired) electrons. The van der Waals surface area contributed by atoms with Crippen molar-refractivity contribution in [1.29, 1.82) is 0 Å². The molecule has 54 heavy (non-hydrogen) atoms. The van der Waals surface area contributed by atoms with E-state index in [1.54, 1.807) is 35.1 Å². The molecule has 4 heterocycles. The second-order valence-electron chi connectivity index (χ2n) is 12.0. The molecule has 14 nitrogen and oxygen atoms in total. The summed E-state index contributed by atoms with van der Waals surface area (Å²) in [6.07, 6.45) is 6.68. The van der Waals surface area contributed by atoms with E-state index in [4.69, 9.17) is 0 Å². The van der Waals surface area contributed by atoms with Crippen LogP contribution < -0.4 is 23.4 Å². The van der Waals surface area contributed by atoms with E-state index in [1.807, 2.05) is 0 Å². The molecular formula is C35H33F3N8O6S2. The average Bonchev–Trinajstić information content (AvgIpc) is 3.84. The summed E-state index contributed by atoms with van der Waals surface area (Å²) < 4.78 is 74.8. The maximum absolute atomic E-state index is 15.1. The van der Waals surface area contributed by atoms with E-state index in [1.165, 1.54) is 48.8 Å². The number of phenols is 2. The fourth-order valence-electron chi connectivity index (χ4n) is 5.52. The van der Waals surface area contributed by atoms with Crippen LogP contribution in [0.15, 0.2) is 79.3 Å². The van der Waals surface area contributed by atoms with Crippen LogP contribution in [-0.2, 0) is 38.5 Å². The Balaban J connectivity index is 0.000000185. The van der Waals surface area contributed by atoms with Gasteiger partial charge in [-0.3, -0.25) is 32.3 Å². The Labute approximate surface area is 312 Å². The number of anilines is 3. The highest BCUT2D eigenvalue weighted by Gasteiger charge is 2.33. The van der Waals surface area contributed by atoms with Crippen LogP contribution in [0.1, 0.15) is 25.3 Å². The van der Waals surface area contributed by atoms with E-state index in [0.717, 1.165) is 33.6 Å². The minimum atomic E-state index is -1.97. The zero-order valence-corrected chi connectivity index (χ0v) is 30.1. The molecule has 2 atom stereocenters. The highest BCUT2D eigenvalue weighted by molar-refractivity contribution is 7.86. The normalized spacial score (nSPS) is 16.5. The lowest BCUT2D eigenvalue weighted by Gasteiger charge is -2.18. The number of hydrogen-bond donors (Lipinski definition) is 5. The molecule has 0 saturated carbocycles. The Hall–Kier alpha value is -5.95. The van der Waals surface area contributed by atoms with Crippen molar-refractivity contribution in [2.24, 2.45) is 0 Å². The molecule has 2 aromatic heterocycles. The third-order valence-electron chi connectivity index (χ3n) is 8.18. The van der Waals surface area contributed by atoms with Crippen LogP contribution in [0.4, 0.5) is 30.4 Å². The molecule has 0 bridgehead atoms. The summed E-state index contributed by atoms with van der Waals surface area (Å²) in [5.74, 6) is -3.07. The van der Waals surface area contributed by atoms with Crippen LogP contribution >= 0.6 is 0 Å². The second-order valence-corrected chi connectivity index (χ2v) is 14.3. The van der Waals surface area contributed by atoms with Gasteiger partial charge in [0.25, 0.3) is 11.8 Å². The monoisotopic (exact) mass is 782 g/mol. The predicted octanol–water partition coefficient (Wildman–Crippen LogP) is 4.42. The van der Waals surface area contributed by atoms with Crippen molar-refractivity contribution < 1.29 is 41.4 Å². The fourth-order valence-corrected chi connectivity index (χ4v) is 7.40. The van der Waals surface area contributed by atoms with E-state index >= 15 is 8.78 Å². The number of carbonyl (C=O) groups excluding carboxylic acids is 2. The number of pyridine rings is 1. The number of halogens is 3. The van der Waals surface area contributed by atoms with Crippen molar-refractivity contribution in [3.63, 3.8) is 0 Å². The van der Waals surface area contributed by atoms with Gasteiger partial charge in [0.05, 0.1) is 12.7 Å². The van der Waals surface area contributed by atoms with Gasteiger partial charge in [0.15, 0.2) is 11.6 Å². The number of unbranched alkanes of at least 4 members (excludes halogenated alkanes) is 1. The predicted molar refractivity (Wildman–Crippen MR) is 197 cm³/mol. The van der Waals surface area contributed by atoms with Crippen LogP contribution in [0.2, 0.25) is 0 Å². The van der Waals surface area contributed by atoms with Gasteiger partial charge in [-0.15, -0.1) is 0 Å². The summed E-state index contributed by atoms with van der Waals surface area (Å²) >= 11 is -3.90. The van der Waals surface area contributed by atoms with Gasteiger partial charge in [-0.1, -0.05) is 25.5 Å². The fraction of sp³-hybridized carbons (Fsp3) is 0.200. The molecule has 2 aliphatic rings. The summed E-state index contributed by atoms with van der Waals surface area (Å²) in [5, 5.41) is 27.4. The number of rotatable bonds is 10. The summed E-state index contributed by atoms with van der Waals surface area (Å²) in [6.45, 7) is 2.65. The third kappa shape index (κ3) is 8.31. The maximum Gasteiger partial charge on any atom is 0.253 e. The number of benzene rings is 3. The number of phenolic OH excluding ortho intramolecular Hbond substituents is 2. The lowest BCUT2D eigenvalue weighted by molar-refractivity contribution is -0.118. The first kappa shape index (κ1) is 37.8. The zero-order chi connectivity index (χ0) is 38.5. The van der Waals surface area contributed by atoms with Gasteiger partial charge in [0, 0.05) is 41.2 Å². The van der Waals surface area contributed by atoms with Crippen LogP contribution in [0.5, 0.6) is 11.5 Å². The molecule has 3 aromatic carbocycles. The Kier molecular flexibility index (Phi) is 11.5. The lowest BCUT2D eigenvalue weighted by atomic mass is 10.1. The smallest absolute Gasteiger partial charge is 0.253 e. The Bertz CT molecular complexity index is 2240. The van der Waals surface area contributed by atoms with Crippen molar-refractivity contribution in [2.45, 2.75) is 26.3 Å². The van der Waals surface area contributed by atoms with Gasteiger partial charge in [0.2, 0.25) is 22.3 Å². The molecular weight excluding hydrogens is 750 g/mol. The van der Waals surface area contributed by atoms with Crippen molar-refractivity contribution in [2.75, 3.05) is 33.6 Å². The van der Waals surface area contributed by atoms with Crippen LogP contribution in [0.25, 0.3) is 22.3 Å². The number of aromatic hydroxyl groups is 2. The Morgan fingerprint density at radius 3 is 1.85 bits per heavy atom. The number of amides is 2. The van der Waals surface area contributed by atoms with Gasteiger partial charge in [0.1, 0.15) is 47.6 Å². The third-order valence-corrected chi connectivity index (χ3v) is 10.4. The number of carbonyl (C=O) groups is 2. The molecule has 0 aliphatic carbocycles. The SMILES string of the molecule is CCCCNc1ccc(-c2ccc(O)c(N3CC(=O)NS3=O)c2F)cn1.O=C1CN(c2c(O)ccc(-c3cnn(Cc4ccc(F)cc4)c3)c2F)S(=O)N1.